The van der Waals surface area contributed by atoms with E-state index in [1.165, 1.54) is 11.9 Å². The predicted octanol–water partition coefficient (Wildman–Crippen LogP) is 3.00. The lowest BCUT2D eigenvalue weighted by Crippen LogP contribution is -2.44. The van der Waals surface area contributed by atoms with Crippen molar-refractivity contribution >= 4 is 24.2 Å². The fourth-order valence-electron chi connectivity index (χ4n) is 2.97. The molecular weight excluding hydrogens is 318 g/mol. The second-order valence-electron chi connectivity index (χ2n) is 6.39. The third-order valence-electron chi connectivity index (χ3n) is 4.89. The van der Waals surface area contributed by atoms with Crippen molar-refractivity contribution in [3.63, 3.8) is 0 Å². The summed E-state index contributed by atoms with van der Waals surface area (Å²) in [6.07, 6.45) is 5.50. The molecule has 0 saturated heterocycles. The molecule has 1 fully saturated rings. The largest absolute Gasteiger partial charge is 0.387 e. The van der Waals surface area contributed by atoms with Gasteiger partial charge in [0, 0.05) is 15.7 Å². The minimum Gasteiger partial charge on any atom is -0.387 e. The van der Waals surface area contributed by atoms with Crippen molar-refractivity contribution in [3.8, 4) is 0 Å². The highest BCUT2D eigenvalue weighted by atomic mass is 35.5. The number of aliphatic hydroxyl groups is 1. The van der Waals surface area contributed by atoms with E-state index in [0.29, 0.717) is 13.0 Å². The van der Waals surface area contributed by atoms with Crippen LogP contribution in [-0.4, -0.2) is 30.7 Å². The van der Waals surface area contributed by atoms with E-state index in [-0.39, 0.29) is 10.7 Å². The average Bonchev–Trinajstić information content (AvgIpc) is 2.90. The molecule has 4 nitrogen and oxygen atoms in total. The van der Waals surface area contributed by atoms with Crippen molar-refractivity contribution in [1.82, 2.24) is 14.8 Å². The van der Waals surface area contributed by atoms with Crippen LogP contribution in [0.3, 0.4) is 0 Å². The molecule has 1 aromatic heterocycles. The van der Waals surface area contributed by atoms with Gasteiger partial charge in [0.15, 0.2) is 0 Å². The molecule has 1 N–H and O–H groups in total. The molecule has 0 aliphatic heterocycles. The van der Waals surface area contributed by atoms with Crippen molar-refractivity contribution in [3.05, 3.63) is 47.5 Å². The maximum Gasteiger partial charge on any atom is 0.137 e. The van der Waals surface area contributed by atoms with Crippen LogP contribution in [-0.2, 0) is 13.0 Å². The Balaban J connectivity index is 1.75. The van der Waals surface area contributed by atoms with Gasteiger partial charge in [-0.2, -0.15) is 17.7 Å². The zero-order chi connectivity index (χ0) is 15.8. The van der Waals surface area contributed by atoms with Gasteiger partial charge in [0.1, 0.15) is 12.7 Å². The first-order chi connectivity index (χ1) is 10.4. The lowest BCUT2D eigenvalue weighted by molar-refractivity contribution is -0.0491. The molecular formula is C16H20ClN3OS. The third kappa shape index (κ3) is 3.03. The maximum atomic E-state index is 11.3. The molecule has 2 aromatic rings. The summed E-state index contributed by atoms with van der Waals surface area (Å²) in [4.78, 5) is 3.96. The van der Waals surface area contributed by atoms with E-state index in [1.54, 1.807) is 11.0 Å². The van der Waals surface area contributed by atoms with Gasteiger partial charge in [0.2, 0.25) is 0 Å². The summed E-state index contributed by atoms with van der Waals surface area (Å²) in [6.45, 7) is 2.54. The molecule has 1 aliphatic rings. The molecule has 22 heavy (non-hydrogen) atoms. The fraction of sp³-hybridized carbons (Fsp3) is 0.500. The van der Waals surface area contributed by atoms with E-state index in [2.05, 4.69) is 29.6 Å². The van der Waals surface area contributed by atoms with E-state index in [0.717, 1.165) is 17.9 Å². The summed E-state index contributed by atoms with van der Waals surface area (Å²) in [5, 5.41) is 16.4. The second kappa shape index (κ2) is 5.87. The summed E-state index contributed by atoms with van der Waals surface area (Å²) in [7, 11) is 0. The van der Waals surface area contributed by atoms with E-state index in [4.69, 9.17) is 11.6 Å². The smallest absolute Gasteiger partial charge is 0.137 e. The van der Waals surface area contributed by atoms with Crippen LogP contribution in [0.4, 0.5) is 0 Å². The lowest BCUT2D eigenvalue weighted by Gasteiger charge is -2.35. The molecule has 3 rings (SSSR count). The number of halogens is 1. The van der Waals surface area contributed by atoms with Gasteiger partial charge in [-0.05, 0) is 37.0 Å². The Labute approximate surface area is 140 Å². The molecule has 1 heterocycles. The quantitative estimate of drug-likeness (QED) is 0.797. The summed E-state index contributed by atoms with van der Waals surface area (Å²) in [5.74, 6) is 0. The van der Waals surface area contributed by atoms with Crippen molar-refractivity contribution < 1.29 is 5.11 Å². The molecule has 1 aromatic carbocycles. The van der Waals surface area contributed by atoms with Gasteiger partial charge in [0.05, 0.1) is 12.1 Å². The summed E-state index contributed by atoms with van der Waals surface area (Å²) in [6, 6.07) is 7.78. The van der Waals surface area contributed by atoms with Crippen LogP contribution in [0.2, 0.25) is 5.02 Å². The molecule has 0 radical (unpaired) electrons. The summed E-state index contributed by atoms with van der Waals surface area (Å²) < 4.78 is 1.70. The van der Waals surface area contributed by atoms with Crippen molar-refractivity contribution in [2.45, 2.75) is 43.6 Å². The molecule has 3 atom stereocenters. The highest BCUT2D eigenvalue weighted by Gasteiger charge is 2.61. The van der Waals surface area contributed by atoms with Gasteiger partial charge >= 0.3 is 0 Å². The highest BCUT2D eigenvalue weighted by molar-refractivity contribution is 7.81. The van der Waals surface area contributed by atoms with E-state index < -0.39 is 5.60 Å². The molecule has 1 saturated carbocycles. The Kier molecular flexibility index (Phi) is 4.23. The van der Waals surface area contributed by atoms with Gasteiger partial charge in [-0.25, -0.2) is 4.98 Å². The van der Waals surface area contributed by atoms with Crippen molar-refractivity contribution in [1.29, 1.82) is 0 Å². The molecule has 6 heteroatoms. The summed E-state index contributed by atoms with van der Waals surface area (Å²) >= 11 is 10.5. The predicted molar refractivity (Wildman–Crippen MR) is 90.2 cm³/mol. The molecule has 0 bridgehead atoms. The number of aromatic nitrogens is 3. The number of hydrogen-bond donors (Lipinski definition) is 2. The Morgan fingerprint density at radius 1 is 1.45 bits per heavy atom. The van der Waals surface area contributed by atoms with Gasteiger partial charge in [-0.15, -0.1) is 0 Å². The van der Waals surface area contributed by atoms with E-state index in [1.807, 2.05) is 24.3 Å². The van der Waals surface area contributed by atoms with E-state index in [9.17, 15) is 5.11 Å². The first kappa shape index (κ1) is 15.8. The monoisotopic (exact) mass is 337 g/mol. The van der Waals surface area contributed by atoms with Gasteiger partial charge in [-0.3, -0.25) is 4.68 Å². The Hall–Kier alpha value is -1.04. The minimum absolute atomic E-state index is 0.186. The maximum absolute atomic E-state index is 11.3. The first-order valence-corrected chi connectivity index (χ1v) is 8.30. The molecule has 0 amide bonds. The number of rotatable bonds is 6. The van der Waals surface area contributed by atoms with Crippen molar-refractivity contribution in [2.75, 3.05) is 0 Å². The summed E-state index contributed by atoms with van der Waals surface area (Å²) in [5.41, 5.74) is 0.128. The van der Waals surface area contributed by atoms with Crippen LogP contribution >= 0.6 is 24.2 Å². The van der Waals surface area contributed by atoms with Crippen LogP contribution in [0, 0.1) is 5.41 Å². The number of aryl methyl sites for hydroxylation is 1. The normalized spacial score (nSPS) is 26.6. The van der Waals surface area contributed by atoms with Crippen LogP contribution in [0.15, 0.2) is 36.9 Å². The Bertz CT molecular complexity index is 633. The molecule has 118 valence electrons. The Morgan fingerprint density at radius 3 is 2.68 bits per heavy atom. The van der Waals surface area contributed by atoms with Crippen LogP contribution < -0.4 is 0 Å². The fourth-order valence-corrected chi connectivity index (χ4v) is 3.72. The molecule has 3 unspecified atom stereocenters. The number of hydrogen-bond acceptors (Lipinski definition) is 4. The first-order valence-electron chi connectivity index (χ1n) is 7.40. The topological polar surface area (TPSA) is 50.9 Å². The average molecular weight is 338 g/mol. The zero-order valence-electron chi connectivity index (χ0n) is 12.5. The molecule has 0 spiro atoms. The van der Waals surface area contributed by atoms with Gasteiger partial charge < -0.3 is 5.11 Å². The lowest BCUT2D eigenvalue weighted by atomic mass is 9.80. The zero-order valence-corrected chi connectivity index (χ0v) is 14.1. The second-order valence-corrected chi connectivity index (χ2v) is 7.45. The van der Waals surface area contributed by atoms with Gasteiger partial charge in [0.25, 0.3) is 0 Å². The highest BCUT2D eigenvalue weighted by Crippen LogP contribution is 2.58. The number of thiol groups is 1. The Morgan fingerprint density at radius 2 is 2.14 bits per heavy atom. The molecule has 1 aliphatic carbocycles. The standard InChI is InChI=1S/C16H20ClN3OS/c1-15(8-14(15)22)16(21,9-20-11-18-10-19-20)7-6-12-2-4-13(17)5-3-12/h2-5,10-11,14,21-22H,6-9H2,1H3. The van der Waals surface area contributed by atoms with Crippen LogP contribution in [0.5, 0.6) is 0 Å². The van der Waals surface area contributed by atoms with E-state index >= 15 is 0 Å². The number of benzene rings is 1. The van der Waals surface area contributed by atoms with Crippen LogP contribution in [0.25, 0.3) is 0 Å². The minimum atomic E-state index is -0.854. The van der Waals surface area contributed by atoms with Crippen molar-refractivity contribution in [2.24, 2.45) is 5.41 Å². The van der Waals surface area contributed by atoms with Gasteiger partial charge in [-0.1, -0.05) is 30.7 Å². The van der Waals surface area contributed by atoms with Crippen LogP contribution in [0.1, 0.15) is 25.3 Å². The SMILES string of the molecule is CC1(C(O)(CCc2ccc(Cl)cc2)Cn2cncn2)CC1S. The number of nitrogens with zero attached hydrogens (tertiary/aromatic N) is 3. The third-order valence-corrected chi connectivity index (χ3v) is 5.89.